The molecular formula is C12H25N3O2S. The summed E-state index contributed by atoms with van der Waals surface area (Å²) in [5.74, 6) is 0. The van der Waals surface area contributed by atoms with E-state index in [2.05, 4.69) is 23.5 Å². The first-order valence-corrected chi connectivity index (χ1v) is 8.47. The molecule has 18 heavy (non-hydrogen) atoms. The van der Waals surface area contributed by atoms with E-state index in [1.807, 2.05) is 0 Å². The van der Waals surface area contributed by atoms with Crippen LogP contribution in [0.2, 0.25) is 0 Å². The van der Waals surface area contributed by atoms with E-state index in [0.29, 0.717) is 13.1 Å². The Morgan fingerprint density at radius 3 is 2.17 bits per heavy atom. The molecule has 106 valence electrons. The number of likely N-dealkylation sites (N-methyl/N-ethyl adjacent to an activating group) is 1. The quantitative estimate of drug-likeness (QED) is 0.747. The van der Waals surface area contributed by atoms with Crippen LogP contribution in [0.15, 0.2) is 0 Å². The molecule has 1 saturated heterocycles. The minimum absolute atomic E-state index is 0.187. The van der Waals surface area contributed by atoms with Gasteiger partial charge in [0.25, 0.3) is 10.2 Å². The number of nitrogens with one attached hydrogen (secondary N) is 1. The van der Waals surface area contributed by atoms with Gasteiger partial charge in [0, 0.05) is 25.2 Å². The van der Waals surface area contributed by atoms with Gasteiger partial charge in [-0.2, -0.15) is 17.4 Å². The van der Waals surface area contributed by atoms with Crippen LogP contribution in [0.5, 0.6) is 0 Å². The molecule has 0 amide bonds. The van der Waals surface area contributed by atoms with Crippen LogP contribution in [0.1, 0.15) is 39.5 Å². The van der Waals surface area contributed by atoms with E-state index >= 15 is 0 Å². The maximum absolute atomic E-state index is 12.2. The highest BCUT2D eigenvalue weighted by Crippen LogP contribution is 2.37. The van der Waals surface area contributed by atoms with Gasteiger partial charge in [-0.05, 0) is 38.8 Å². The molecule has 0 aromatic heterocycles. The third kappa shape index (κ3) is 3.23. The van der Waals surface area contributed by atoms with Crippen molar-refractivity contribution >= 4 is 10.2 Å². The highest BCUT2D eigenvalue weighted by Gasteiger charge is 2.47. The second kappa shape index (κ2) is 5.45. The highest BCUT2D eigenvalue weighted by atomic mass is 32.2. The summed E-state index contributed by atoms with van der Waals surface area (Å²) in [6.07, 6.45) is 3.92. The third-order valence-electron chi connectivity index (χ3n) is 4.02. The average molecular weight is 275 g/mol. The van der Waals surface area contributed by atoms with Crippen LogP contribution in [0.4, 0.5) is 0 Å². The Labute approximate surface area is 111 Å². The fourth-order valence-corrected chi connectivity index (χ4v) is 4.27. The fraction of sp³-hybridized carbons (Fsp3) is 1.00. The third-order valence-corrected chi connectivity index (χ3v) is 5.76. The van der Waals surface area contributed by atoms with E-state index in [-0.39, 0.29) is 5.54 Å². The van der Waals surface area contributed by atoms with Crippen LogP contribution >= 0.6 is 0 Å². The van der Waals surface area contributed by atoms with Crippen molar-refractivity contribution < 1.29 is 8.42 Å². The normalized spacial score (nSPS) is 23.7. The van der Waals surface area contributed by atoms with Crippen LogP contribution in [-0.2, 0) is 10.2 Å². The summed E-state index contributed by atoms with van der Waals surface area (Å²) in [6.45, 7) is 8.39. The molecule has 0 radical (unpaired) electrons. The van der Waals surface area contributed by atoms with Gasteiger partial charge in [0.2, 0.25) is 0 Å². The van der Waals surface area contributed by atoms with Crippen LogP contribution < -0.4 is 4.72 Å². The van der Waals surface area contributed by atoms with Gasteiger partial charge in [-0.25, -0.2) is 0 Å². The summed E-state index contributed by atoms with van der Waals surface area (Å²) in [5.41, 5.74) is -0.187. The average Bonchev–Trinajstić information content (AvgIpc) is 2.85. The van der Waals surface area contributed by atoms with Crippen LogP contribution in [0, 0.1) is 0 Å². The maximum atomic E-state index is 12.2. The van der Waals surface area contributed by atoms with E-state index in [1.54, 1.807) is 4.31 Å². The summed E-state index contributed by atoms with van der Waals surface area (Å²) >= 11 is 0. The van der Waals surface area contributed by atoms with Crippen molar-refractivity contribution in [2.45, 2.75) is 45.1 Å². The van der Waals surface area contributed by atoms with Crippen molar-refractivity contribution in [1.82, 2.24) is 13.9 Å². The Morgan fingerprint density at radius 1 is 1.17 bits per heavy atom. The van der Waals surface area contributed by atoms with Crippen LogP contribution in [0.3, 0.4) is 0 Å². The van der Waals surface area contributed by atoms with Gasteiger partial charge in [-0.15, -0.1) is 0 Å². The largest absolute Gasteiger partial charge is 0.302 e. The van der Waals surface area contributed by atoms with Crippen molar-refractivity contribution in [3.8, 4) is 0 Å². The molecule has 2 rings (SSSR count). The van der Waals surface area contributed by atoms with Gasteiger partial charge in [0.15, 0.2) is 0 Å². The van der Waals surface area contributed by atoms with Gasteiger partial charge in [0.05, 0.1) is 0 Å². The molecule has 5 nitrogen and oxygen atoms in total. The zero-order chi connectivity index (χ0) is 13.2. The van der Waals surface area contributed by atoms with Gasteiger partial charge in [-0.3, -0.25) is 0 Å². The predicted octanol–water partition coefficient (Wildman–Crippen LogP) is 0.791. The molecule has 6 heteroatoms. The van der Waals surface area contributed by atoms with E-state index in [9.17, 15) is 8.42 Å². The molecule has 0 bridgehead atoms. The zero-order valence-electron chi connectivity index (χ0n) is 11.5. The number of nitrogens with zero attached hydrogens (tertiary/aromatic N) is 2. The molecule has 0 unspecified atom stereocenters. The van der Waals surface area contributed by atoms with Crippen molar-refractivity contribution in [3.05, 3.63) is 0 Å². The Morgan fingerprint density at radius 2 is 1.72 bits per heavy atom. The second-order valence-corrected chi connectivity index (χ2v) is 7.13. The first-order chi connectivity index (χ1) is 8.51. The number of hydrogen-bond donors (Lipinski definition) is 1. The smallest absolute Gasteiger partial charge is 0.279 e. The van der Waals surface area contributed by atoms with Crippen LogP contribution in [0.25, 0.3) is 0 Å². The molecule has 0 spiro atoms. The summed E-state index contributed by atoms with van der Waals surface area (Å²) < 4.78 is 29.0. The first-order valence-electron chi connectivity index (χ1n) is 7.03. The molecule has 2 aliphatic rings. The number of rotatable bonds is 7. The Kier molecular flexibility index (Phi) is 4.31. The minimum atomic E-state index is -3.26. The highest BCUT2D eigenvalue weighted by molar-refractivity contribution is 7.87. The van der Waals surface area contributed by atoms with Crippen molar-refractivity contribution in [1.29, 1.82) is 0 Å². The lowest BCUT2D eigenvalue weighted by molar-refractivity contribution is 0.265. The van der Waals surface area contributed by atoms with Crippen molar-refractivity contribution in [2.24, 2.45) is 0 Å². The molecule has 0 atom stereocenters. The summed E-state index contributed by atoms with van der Waals surface area (Å²) in [7, 11) is -3.26. The summed E-state index contributed by atoms with van der Waals surface area (Å²) in [5, 5.41) is 0. The summed E-state index contributed by atoms with van der Waals surface area (Å²) in [6, 6.07) is 0. The van der Waals surface area contributed by atoms with Gasteiger partial charge in [-0.1, -0.05) is 13.8 Å². The lowest BCUT2D eigenvalue weighted by Gasteiger charge is -2.27. The molecule has 1 heterocycles. The van der Waals surface area contributed by atoms with E-state index in [0.717, 1.165) is 45.3 Å². The van der Waals surface area contributed by atoms with Gasteiger partial charge in [0.1, 0.15) is 0 Å². The Bertz CT molecular complexity index is 369. The molecule has 1 aliphatic carbocycles. The molecule has 0 aromatic carbocycles. The van der Waals surface area contributed by atoms with Crippen molar-refractivity contribution in [2.75, 3.05) is 32.7 Å². The lowest BCUT2D eigenvalue weighted by atomic mass is 10.2. The fourth-order valence-electron chi connectivity index (χ4n) is 2.59. The Balaban J connectivity index is 1.95. The van der Waals surface area contributed by atoms with E-state index in [1.165, 1.54) is 0 Å². The monoisotopic (exact) mass is 275 g/mol. The topological polar surface area (TPSA) is 52.7 Å². The molecule has 2 fully saturated rings. The SMILES string of the molecule is CCN(CC)CC1(NS(=O)(=O)N2CCCC2)CC1. The Hall–Kier alpha value is -0.170. The maximum Gasteiger partial charge on any atom is 0.279 e. The van der Waals surface area contributed by atoms with Gasteiger partial charge >= 0.3 is 0 Å². The molecular weight excluding hydrogens is 250 g/mol. The first kappa shape index (κ1) is 14.2. The van der Waals surface area contributed by atoms with E-state index < -0.39 is 10.2 Å². The molecule has 1 aliphatic heterocycles. The zero-order valence-corrected chi connectivity index (χ0v) is 12.3. The lowest BCUT2D eigenvalue weighted by Crippen LogP contribution is -2.50. The molecule has 1 saturated carbocycles. The van der Waals surface area contributed by atoms with Crippen LogP contribution in [-0.4, -0.2) is 55.9 Å². The second-order valence-electron chi connectivity index (χ2n) is 5.45. The molecule has 1 N–H and O–H groups in total. The predicted molar refractivity (Wildman–Crippen MR) is 72.6 cm³/mol. The number of hydrogen-bond acceptors (Lipinski definition) is 3. The van der Waals surface area contributed by atoms with Gasteiger partial charge < -0.3 is 4.90 Å². The van der Waals surface area contributed by atoms with Crippen molar-refractivity contribution in [3.63, 3.8) is 0 Å². The summed E-state index contributed by atoms with van der Waals surface area (Å²) in [4.78, 5) is 2.29. The van der Waals surface area contributed by atoms with E-state index in [4.69, 9.17) is 0 Å². The standard InChI is InChI=1S/C12H25N3O2S/c1-3-14(4-2)11-12(7-8-12)13-18(16,17)15-9-5-6-10-15/h13H,3-11H2,1-2H3. The minimum Gasteiger partial charge on any atom is -0.302 e. The molecule has 0 aromatic rings.